The van der Waals surface area contributed by atoms with Gasteiger partial charge in [-0.3, -0.25) is 14.9 Å². The summed E-state index contributed by atoms with van der Waals surface area (Å²) in [4.78, 5) is 32.1. The highest BCUT2D eigenvalue weighted by Gasteiger charge is 2.30. The SMILES string of the molecule is COCCOc1cc([N+](=O)[O-])c(C(=O)N2CCN(c3ccccn3)CC2)cc1OC. The number of carbonyl (C=O) groups excluding carboxylic acids is 1. The van der Waals surface area contributed by atoms with Crippen LogP contribution in [0.2, 0.25) is 0 Å². The molecule has 160 valence electrons. The molecule has 30 heavy (non-hydrogen) atoms. The average molecular weight is 416 g/mol. The lowest BCUT2D eigenvalue weighted by Gasteiger charge is -2.35. The number of carbonyl (C=O) groups is 1. The third-order valence-corrected chi connectivity index (χ3v) is 4.79. The summed E-state index contributed by atoms with van der Waals surface area (Å²) in [5, 5.41) is 11.6. The van der Waals surface area contributed by atoms with Gasteiger partial charge in [0.2, 0.25) is 0 Å². The van der Waals surface area contributed by atoms with Gasteiger partial charge in [-0.2, -0.15) is 0 Å². The fourth-order valence-corrected chi connectivity index (χ4v) is 3.23. The summed E-state index contributed by atoms with van der Waals surface area (Å²) < 4.78 is 15.7. The van der Waals surface area contributed by atoms with Crippen LogP contribution in [0.4, 0.5) is 11.5 Å². The van der Waals surface area contributed by atoms with Crippen molar-refractivity contribution in [2.75, 3.05) is 58.5 Å². The standard InChI is InChI=1S/C20H24N4O6/c1-28-11-12-30-18-14-16(24(26)27)15(13-17(18)29-2)20(25)23-9-7-22(8-10-23)19-5-3-4-6-21-19/h3-6,13-14H,7-12H2,1-2H3. The molecule has 0 bridgehead atoms. The molecule has 0 spiro atoms. The monoisotopic (exact) mass is 416 g/mol. The van der Waals surface area contributed by atoms with E-state index in [1.165, 1.54) is 26.4 Å². The highest BCUT2D eigenvalue weighted by molar-refractivity contribution is 5.99. The molecule has 1 aromatic carbocycles. The van der Waals surface area contributed by atoms with E-state index in [4.69, 9.17) is 14.2 Å². The van der Waals surface area contributed by atoms with Crippen LogP contribution in [0.3, 0.4) is 0 Å². The first-order chi connectivity index (χ1) is 14.5. The largest absolute Gasteiger partial charge is 0.493 e. The summed E-state index contributed by atoms with van der Waals surface area (Å²) >= 11 is 0. The number of amides is 1. The molecule has 0 atom stereocenters. The van der Waals surface area contributed by atoms with Gasteiger partial charge in [0.15, 0.2) is 11.5 Å². The number of nitrogens with zero attached hydrogens (tertiary/aromatic N) is 4. The topological polar surface area (TPSA) is 107 Å². The molecule has 2 heterocycles. The Balaban J connectivity index is 1.78. The average Bonchev–Trinajstić information content (AvgIpc) is 2.79. The molecule has 1 aliphatic heterocycles. The Morgan fingerprint density at radius 2 is 1.90 bits per heavy atom. The maximum atomic E-state index is 13.1. The first-order valence-corrected chi connectivity index (χ1v) is 9.48. The maximum Gasteiger partial charge on any atom is 0.286 e. The van der Waals surface area contributed by atoms with Crippen LogP contribution in [0, 0.1) is 10.1 Å². The summed E-state index contributed by atoms with van der Waals surface area (Å²) in [6.07, 6.45) is 1.72. The number of rotatable bonds is 8. The third kappa shape index (κ3) is 4.77. The smallest absolute Gasteiger partial charge is 0.286 e. The fraction of sp³-hybridized carbons (Fsp3) is 0.400. The lowest BCUT2D eigenvalue weighted by atomic mass is 10.1. The number of anilines is 1. The van der Waals surface area contributed by atoms with Crippen molar-refractivity contribution in [2.24, 2.45) is 0 Å². The number of piperazine rings is 1. The van der Waals surface area contributed by atoms with E-state index in [9.17, 15) is 14.9 Å². The summed E-state index contributed by atoms with van der Waals surface area (Å²) in [5.41, 5.74) is -0.345. The molecular weight excluding hydrogens is 392 g/mol. The summed E-state index contributed by atoms with van der Waals surface area (Å²) in [6.45, 7) is 2.56. The Bertz CT molecular complexity index is 884. The molecule has 0 unspecified atom stereocenters. The quantitative estimate of drug-likeness (QED) is 0.365. The highest BCUT2D eigenvalue weighted by Crippen LogP contribution is 2.35. The first-order valence-electron chi connectivity index (χ1n) is 9.48. The zero-order valence-electron chi connectivity index (χ0n) is 16.9. The van der Waals surface area contributed by atoms with Crippen LogP contribution < -0.4 is 14.4 Å². The minimum atomic E-state index is -0.583. The van der Waals surface area contributed by atoms with Gasteiger partial charge in [-0.05, 0) is 12.1 Å². The van der Waals surface area contributed by atoms with Crippen molar-refractivity contribution < 1.29 is 23.9 Å². The van der Waals surface area contributed by atoms with Crippen LogP contribution in [0.5, 0.6) is 11.5 Å². The van der Waals surface area contributed by atoms with Gasteiger partial charge in [0.1, 0.15) is 18.0 Å². The van der Waals surface area contributed by atoms with Crippen LogP contribution in [0.1, 0.15) is 10.4 Å². The van der Waals surface area contributed by atoms with Crippen molar-refractivity contribution in [3.8, 4) is 11.5 Å². The Morgan fingerprint density at radius 3 is 2.50 bits per heavy atom. The number of ether oxygens (including phenoxy) is 3. The Morgan fingerprint density at radius 1 is 1.13 bits per heavy atom. The molecule has 0 saturated carbocycles. The Hall–Kier alpha value is -3.40. The van der Waals surface area contributed by atoms with Crippen molar-refractivity contribution in [1.29, 1.82) is 0 Å². The van der Waals surface area contributed by atoms with Gasteiger partial charge in [-0.15, -0.1) is 0 Å². The van der Waals surface area contributed by atoms with Gasteiger partial charge in [0, 0.05) is 45.6 Å². The number of hydrogen-bond donors (Lipinski definition) is 0. The van der Waals surface area contributed by atoms with E-state index in [1.54, 1.807) is 11.1 Å². The summed E-state index contributed by atoms with van der Waals surface area (Å²) in [7, 11) is 2.95. The summed E-state index contributed by atoms with van der Waals surface area (Å²) in [6, 6.07) is 8.26. The molecule has 1 amide bonds. The molecule has 1 aromatic heterocycles. The number of aromatic nitrogens is 1. The van der Waals surface area contributed by atoms with Gasteiger partial charge < -0.3 is 24.0 Å². The zero-order chi connectivity index (χ0) is 21.5. The van der Waals surface area contributed by atoms with Crippen molar-refractivity contribution in [3.63, 3.8) is 0 Å². The van der Waals surface area contributed by atoms with Gasteiger partial charge in [-0.1, -0.05) is 6.07 Å². The third-order valence-electron chi connectivity index (χ3n) is 4.79. The van der Waals surface area contributed by atoms with Crippen LogP contribution in [-0.2, 0) is 4.74 Å². The van der Waals surface area contributed by atoms with E-state index in [1.807, 2.05) is 18.2 Å². The van der Waals surface area contributed by atoms with E-state index >= 15 is 0 Å². The number of benzene rings is 1. The van der Waals surface area contributed by atoms with Crippen LogP contribution in [-0.4, -0.2) is 74.3 Å². The van der Waals surface area contributed by atoms with Crippen LogP contribution in [0.15, 0.2) is 36.5 Å². The van der Waals surface area contributed by atoms with Crippen molar-refractivity contribution >= 4 is 17.4 Å². The lowest BCUT2D eigenvalue weighted by molar-refractivity contribution is -0.385. The molecule has 0 N–H and O–H groups in total. The number of nitro benzene ring substituents is 1. The van der Waals surface area contributed by atoms with Gasteiger partial charge in [-0.25, -0.2) is 4.98 Å². The van der Waals surface area contributed by atoms with E-state index in [2.05, 4.69) is 9.88 Å². The minimum absolute atomic E-state index is 0.0257. The number of hydrogen-bond acceptors (Lipinski definition) is 8. The molecule has 3 rings (SSSR count). The molecule has 1 saturated heterocycles. The van der Waals surface area contributed by atoms with E-state index in [0.717, 1.165) is 5.82 Å². The van der Waals surface area contributed by atoms with Crippen molar-refractivity contribution in [2.45, 2.75) is 0 Å². The Kier molecular flexibility index (Phi) is 7.02. The zero-order valence-corrected chi connectivity index (χ0v) is 16.9. The van der Waals surface area contributed by atoms with Crippen molar-refractivity contribution in [1.82, 2.24) is 9.88 Å². The van der Waals surface area contributed by atoms with E-state index in [-0.39, 0.29) is 29.4 Å². The predicted octanol–water partition coefficient (Wildman–Crippen LogP) is 1.99. The number of pyridine rings is 1. The molecule has 10 heteroatoms. The number of methoxy groups -OCH3 is 2. The molecule has 2 aromatic rings. The van der Waals surface area contributed by atoms with E-state index < -0.39 is 10.8 Å². The predicted molar refractivity (Wildman–Crippen MR) is 109 cm³/mol. The fourth-order valence-electron chi connectivity index (χ4n) is 3.23. The molecular formula is C20H24N4O6. The van der Waals surface area contributed by atoms with Gasteiger partial charge in [0.05, 0.1) is 24.7 Å². The van der Waals surface area contributed by atoms with Crippen LogP contribution >= 0.6 is 0 Å². The second kappa shape index (κ2) is 9.88. The van der Waals surface area contributed by atoms with Crippen LogP contribution in [0.25, 0.3) is 0 Å². The van der Waals surface area contributed by atoms with E-state index in [0.29, 0.717) is 32.8 Å². The Labute approximate surface area is 174 Å². The molecule has 10 nitrogen and oxygen atoms in total. The second-order valence-corrected chi connectivity index (χ2v) is 6.59. The molecule has 0 aliphatic carbocycles. The molecule has 1 aliphatic rings. The lowest BCUT2D eigenvalue weighted by Crippen LogP contribution is -2.49. The second-order valence-electron chi connectivity index (χ2n) is 6.59. The van der Waals surface area contributed by atoms with Crippen molar-refractivity contribution in [3.05, 3.63) is 52.2 Å². The highest BCUT2D eigenvalue weighted by atomic mass is 16.6. The first kappa shape index (κ1) is 21.3. The van der Waals surface area contributed by atoms with Gasteiger partial charge >= 0.3 is 0 Å². The van der Waals surface area contributed by atoms with Gasteiger partial charge in [0.25, 0.3) is 11.6 Å². The minimum Gasteiger partial charge on any atom is -0.493 e. The summed E-state index contributed by atoms with van der Waals surface area (Å²) in [5.74, 6) is 0.879. The maximum absolute atomic E-state index is 13.1. The number of nitro groups is 1. The normalized spacial score (nSPS) is 13.8. The molecule has 1 fully saturated rings. The molecule has 0 radical (unpaired) electrons.